The standard InChI is InChI=1S/C23H27N3O4/c1-15(2)18-7-5-8-19(16(3)4)22(18)25-21(27)14-29-23(28)20-10-9-17(30-20)13-26-12-6-11-24-26/h5-12,15-16H,13-14H2,1-4H3,(H,25,27). The maximum Gasteiger partial charge on any atom is 0.374 e. The first kappa shape index (κ1) is 21.4. The molecule has 2 aromatic heterocycles. The lowest BCUT2D eigenvalue weighted by atomic mass is 9.92. The van der Waals surface area contributed by atoms with E-state index >= 15 is 0 Å². The summed E-state index contributed by atoms with van der Waals surface area (Å²) < 4.78 is 12.3. The lowest BCUT2D eigenvalue weighted by Gasteiger charge is -2.20. The number of benzene rings is 1. The normalized spacial score (nSPS) is 11.1. The van der Waals surface area contributed by atoms with E-state index in [1.165, 1.54) is 6.07 Å². The van der Waals surface area contributed by atoms with Gasteiger partial charge < -0.3 is 14.5 Å². The second-order valence-corrected chi connectivity index (χ2v) is 7.71. The Hall–Kier alpha value is -3.35. The molecule has 0 spiro atoms. The van der Waals surface area contributed by atoms with Gasteiger partial charge in [0.2, 0.25) is 5.76 Å². The molecule has 0 aliphatic heterocycles. The molecule has 0 unspecified atom stereocenters. The van der Waals surface area contributed by atoms with Crippen LogP contribution in [0.1, 0.15) is 67.0 Å². The predicted molar refractivity (Wildman–Crippen MR) is 114 cm³/mol. The van der Waals surface area contributed by atoms with Gasteiger partial charge in [0.1, 0.15) is 5.76 Å². The van der Waals surface area contributed by atoms with Crippen molar-refractivity contribution in [1.29, 1.82) is 0 Å². The van der Waals surface area contributed by atoms with Crippen LogP contribution in [0.25, 0.3) is 0 Å². The van der Waals surface area contributed by atoms with Gasteiger partial charge in [-0.2, -0.15) is 5.10 Å². The van der Waals surface area contributed by atoms with Crippen LogP contribution in [0.4, 0.5) is 5.69 Å². The van der Waals surface area contributed by atoms with Crippen molar-refractivity contribution in [3.05, 3.63) is 71.4 Å². The number of amides is 1. The highest BCUT2D eigenvalue weighted by Gasteiger charge is 2.18. The summed E-state index contributed by atoms with van der Waals surface area (Å²) in [5.74, 6) is 0.0495. The molecule has 1 N–H and O–H groups in total. The molecule has 0 radical (unpaired) electrons. The number of carbonyl (C=O) groups excluding carboxylic acids is 2. The number of ether oxygens (including phenoxy) is 1. The maximum atomic E-state index is 12.5. The predicted octanol–water partition coefficient (Wildman–Crippen LogP) is 4.57. The number of aromatic nitrogens is 2. The molecule has 7 nitrogen and oxygen atoms in total. The number of anilines is 1. The average Bonchev–Trinajstić information content (AvgIpc) is 3.38. The number of esters is 1. The second-order valence-electron chi connectivity index (χ2n) is 7.71. The van der Waals surface area contributed by atoms with Crippen molar-refractivity contribution in [2.24, 2.45) is 0 Å². The van der Waals surface area contributed by atoms with Crippen molar-refractivity contribution < 1.29 is 18.7 Å². The van der Waals surface area contributed by atoms with Crippen LogP contribution in [0, 0.1) is 0 Å². The first-order valence-electron chi connectivity index (χ1n) is 10.0. The fourth-order valence-corrected chi connectivity index (χ4v) is 3.20. The molecule has 3 aromatic rings. The third kappa shape index (κ3) is 5.17. The van der Waals surface area contributed by atoms with Gasteiger partial charge in [0.15, 0.2) is 6.61 Å². The topological polar surface area (TPSA) is 86.4 Å². The molecule has 0 saturated carbocycles. The minimum atomic E-state index is -0.682. The van der Waals surface area contributed by atoms with Gasteiger partial charge in [0.05, 0.1) is 6.54 Å². The van der Waals surface area contributed by atoms with Crippen LogP contribution >= 0.6 is 0 Å². The number of para-hydroxylation sites is 1. The van der Waals surface area contributed by atoms with Crippen LogP contribution < -0.4 is 5.32 Å². The summed E-state index contributed by atoms with van der Waals surface area (Å²) in [5, 5.41) is 7.02. The van der Waals surface area contributed by atoms with Crippen LogP contribution in [-0.4, -0.2) is 28.3 Å². The number of nitrogens with zero attached hydrogens (tertiary/aromatic N) is 2. The van der Waals surface area contributed by atoms with E-state index in [0.717, 1.165) is 16.8 Å². The smallest absolute Gasteiger partial charge is 0.374 e. The van der Waals surface area contributed by atoms with Crippen LogP contribution in [0.3, 0.4) is 0 Å². The fraction of sp³-hybridized carbons (Fsp3) is 0.348. The molecule has 1 aromatic carbocycles. The van der Waals surface area contributed by atoms with Crippen molar-refractivity contribution in [3.8, 4) is 0 Å². The summed E-state index contributed by atoms with van der Waals surface area (Å²) in [7, 11) is 0. The molecule has 30 heavy (non-hydrogen) atoms. The van der Waals surface area contributed by atoms with Crippen molar-refractivity contribution >= 4 is 17.6 Å². The molecule has 0 saturated heterocycles. The van der Waals surface area contributed by atoms with Crippen molar-refractivity contribution in [3.63, 3.8) is 0 Å². The van der Waals surface area contributed by atoms with Gasteiger partial charge in [0.25, 0.3) is 5.91 Å². The van der Waals surface area contributed by atoms with Gasteiger partial charge in [-0.1, -0.05) is 45.9 Å². The van der Waals surface area contributed by atoms with E-state index < -0.39 is 12.6 Å². The van der Waals surface area contributed by atoms with Crippen molar-refractivity contribution in [2.45, 2.75) is 46.1 Å². The van der Waals surface area contributed by atoms with Gasteiger partial charge in [-0.3, -0.25) is 9.48 Å². The first-order valence-corrected chi connectivity index (χ1v) is 10.0. The Morgan fingerprint density at radius 3 is 2.37 bits per heavy atom. The van der Waals surface area contributed by atoms with Crippen LogP contribution in [0.15, 0.2) is 53.2 Å². The molecule has 0 fully saturated rings. The minimum Gasteiger partial charge on any atom is -0.452 e. The summed E-state index contributed by atoms with van der Waals surface area (Å²) in [6, 6.07) is 11.0. The largest absolute Gasteiger partial charge is 0.452 e. The summed E-state index contributed by atoms with van der Waals surface area (Å²) in [4.78, 5) is 24.7. The van der Waals surface area contributed by atoms with Crippen molar-refractivity contribution in [1.82, 2.24) is 9.78 Å². The van der Waals surface area contributed by atoms with Crippen LogP contribution in [0.5, 0.6) is 0 Å². The van der Waals surface area contributed by atoms with Gasteiger partial charge in [-0.05, 0) is 41.2 Å². The molecule has 7 heteroatoms. The van der Waals surface area contributed by atoms with E-state index in [9.17, 15) is 9.59 Å². The average molecular weight is 409 g/mol. The Balaban J connectivity index is 1.61. The molecule has 3 rings (SSSR count). The van der Waals surface area contributed by atoms with E-state index in [1.807, 2.05) is 18.2 Å². The lowest BCUT2D eigenvalue weighted by Crippen LogP contribution is -2.22. The molecule has 2 heterocycles. The Morgan fingerprint density at radius 2 is 1.77 bits per heavy atom. The number of furan rings is 1. The second kappa shape index (κ2) is 9.43. The van der Waals surface area contributed by atoms with Crippen LogP contribution in [-0.2, 0) is 16.1 Å². The van der Waals surface area contributed by atoms with E-state index in [2.05, 4.69) is 38.1 Å². The summed E-state index contributed by atoms with van der Waals surface area (Å²) in [6.07, 6.45) is 3.46. The summed E-state index contributed by atoms with van der Waals surface area (Å²) in [5.41, 5.74) is 2.90. The third-order valence-electron chi connectivity index (χ3n) is 4.71. The third-order valence-corrected chi connectivity index (χ3v) is 4.71. The zero-order chi connectivity index (χ0) is 21.7. The molecular weight excluding hydrogens is 382 g/mol. The highest BCUT2D eigenvalue weighted by molar-refractivity contribution is 5.96. The minimum absolute atomic E-state index is 0.0513. The lowest BCUT2D eigenvalue weighted by molar-refractivity contribution is -0.119. The first-order chi connectivity index (χ1) is 14.3. The van der Waals surface area contributed by atoms with E-state index in [4.69, 9.17) is 9.15 Å². The Kier molecular flexibility index (Phi) is 6.72. The summed E-state index contributed by atoms with van der Waals surface area (Å²) >= 11 is 0. The number of rotatable bonds is 8. The van der Waals surface area contributed by atoms with E-state index in [1.54, 1.807) is 29.2 Å². The molecule has 0 atom stereocenters. The Bertz CT molecular complexity index is 977. The Morgan fingerprint density at radius 1 is 1.07 bits per heavy atom. The van der Waals surface area contributed by atoms with E-state index in [0.29, 0.717) is 12.3 Å². The van der Waals surface area contributed by atoms with E-state index in [-0.39, 0.29) is 23.5 Å². The van der Waals surface area contributed by atoms with Gasteiger partial charge >= 0.3 is 5.97 Å². The zero-order valence-electron chi connectivity index (χ0n) is 17.7. The molecule has 0 bridgehead atoms. The highest BCUT2D eigenvalue weighted by Crippen LogP contribution is 2.32. The molecule has 0 aliphatic carbocycles. The molecular formula is C23H27N3O4. The van der Waals surface area contributed by atoms with Gasteiger partial charge in [-0.15, -0.1) is 0 Å². The number of nitrogens with one attached hydrogen (secondary N) is 1. The zero-order valence-corrected chi connectivity index (χ0v) is 17.7. The highest BCUT2D eigenvalue weighted by atomic mass is 16.5. The van der Waals surface area contributed by atoms with Gasteiger partial charge in [0, 0.05) is 18.1 Å². The van der Waals surface area contributed by atoms with Gasteiger partial charge in [-0.25, -0.2) is 4.79 Å². The molecule has 1 amide bonds. The quantitative estimate of drug-likeness (QED) is 0.551. The van der Waals surface area contributed by atoms with Crippen LogP contribution in [0.2, 0.25) is 0 Å². The Labute approximate surface area is 176 Å². The number of hydrogen-bond donors (Lipinski definition) is 1. The monoisotopic (exact) mass is 409 g/mol. The maximum absolute atomic E-state index is 12.5. The fourth-order valence-electron chi connectivity index (χ4n) is 3.20. The SMILES string of the molecule is CC(C)c1cccc(C(C)C)c1NC(=O)COC(=O)c1ccc(Cn2cccn2)o1. The summed E-state index contributed by atoms with van der Waals surface area (Å²) in [6.45, 7) is 8.32. The number of carbonyl (C=O) groups is 2. The van der Waals surface area contributed by atoms with Crippen molar-refractivity contribution in [2.75, 3.05) is 11.9 Å². The number of hydrogen-bond acceptors (Lipinski definition) is 5. The molecule has 158 valence electrons. The molecule has 0 aliphatic rings.